The predicted octanol–water partition coefficient (Wildman–Crippen LogP) is 0.741. The Kier molecular flexibility index (Phi) is 3.23. The largest absolute Gasteiger partial charge is 0.497 e. The lowest BCUT2D eigenvalue weighted by Crippen LogP contribution is -2.16. The molecule has 0 N–H and O–H groups in total. The van der Waals surface area contributed by atoms with Crippen molar-refractivity contribution in [3.63, 3.8) is 0 Å². The van der Waals surface area contributed by atoms with Crippen molar-refractivity contribution in [1.29, 1.82) is 0 Å². The summed E-state index contributed by atoms with van der Waals surface area (Å²) in [6, 6.07) is 5.82. The Hall–Kier alpha value is -1.12. The van der Waals surface area contributed by atoms with Gasteiger partial charge >= 0.3 is 0 Å². The first-order valence-electron chi connectivity index (χ1n) is 4.45. The molecule has 0 radical (unpaired) electrons. The molecule has 0 fully saturated rings. The molecule has 0 aliphatic rings. The second-order valence-corrected chi connectivity index (χ2v) is 3.25. The summed E-state index contributed by atoms with van der Waals surface area (Å²) in [5, 5.41) is 0. The van der Waals surface area contributed by atoms with E-state index in [-0.39, 0.29) is 6.10 Å². The average molecular weight is 178 g/mol. The normalized spacial score (nSPS) is 10.2. The van der Waals surface area contributed by atoms with Gasteiger partial charge in [-0.25, -0.2) is 0 Å². The molecule has 13 heavy (non-hydrogen) atoms. The minimum atomic E-state index is 0.200. The van der Waals surface area contributed by atoms with E-state index in [1.54, 1.807) is 7.11 Å². The van der Waals surface area contributed by atoms with Crippen molar-refractivity contribution in [3.05, 3.63) is 18.2 Å². The van der Waals surface area contributed by atoms with Crippen molar-refractivity contribution >= 4 is 13.3 Å². The zero-order valence-corrected chi connectivity index (χ0v) is 8.63. The summed E-state index contributed by atoms with van der Waals surface area (Å²) in [5.74, 6) is 1.77. The van der Waals surface area contributed by atoms with Gasteiger partial charge < -0.3 is 9.47 Å². The van der Waals surface area contributed by atoms with Crippen LogP contribution in [-0.4, -0.2) is 21.1 Å². The van der Waals surface area contributed by atoms with E-state index in [1.807, 2.05) is 39.9 Å². The molecule has 1 aromatic carbocycles. The van der Waals surface area contributed by atoms with Crippen molar-refractivity contribution in [3.8, 4) is 11.5 Å². The van der Waals surface area contributed by atoms with Crippen LogP contribution in [0.4, 0.5) is 0 Å². The molecule has 0 bridgehead atoms. The first-order valence-corrected chi connectivity index (χ1v) is 4.45. The van der Waals surface area contributed by atoms with Crippen LogP contribution in [-0.2, 0) is 0 Å². The second kappa shape index (κ2) is 4.22. The Balaban J connectivity index is 2.94. The molecule has 2 nitrogen and oxygen atoms in total. The van der Waals surface area contributed by atoms with Crippen LogP contribution in [0.15, 0.2) is 18.2 Å². The number of rotatable bonds is 3. The Morgan fingerprint density at radius 2 is 1.85 bits per heavy atom. The van der Waals surface area contributed by atoms with Gasteiger partial charge in [-0.05, 0) is 31.4 Å². The first kappa shape index (κ1) is 9.97. The SMILES string of the molecule is Bc1c(OC)cccc1OC(C)C. The van der Waals surface area contributed by atoms with Gasteiger partial charge in [0.05, 0.1) is 13.2 Å². The lowest BCUT2D eigenvalue weighted by molar-refractivity contribution is 0.243. The van der Waals surface area contributed by atoms with Gasteiger partial charge in [-0.3, -0.25) is 0 Å². The molecule has 0 atom stereocenters. The fraction of sp³-hybridized carbons (Fsp3) is 0.400. The Morgan fingerprint density at radius 1 is 1.23 bits per heavy atom. The van der Waals surface area contributed by atoms with Crippen LogP contribution < -0.4 is 14.9 Å². The fourth-order valence-corrected chi connectivity index (χ4v) is 1.20. The van der Waals surface area contributed by atoms with Gasteiger partial charge in [0.1, 0.15) is 19.3 Å². The second-order valence-electron chi connectivity index (χ2n) is 3.25. The number of benzene rings is 1. The minimum absolute atomic E-state index is 0.200. The van der Waals surface area contributed by atoms with E-state index >= 15 is 0 Å². The highest BCUT2D eigenvalue weighted by molar-refractivity contribution is 6.36. The number of ether oxygens (including phenoxy) is 2. The molecule has 0 aliphatic heterocycles. The molecule has 0 amide bonds. The maximum absolute atomic E-state index is 5.61. The van der Waals surface area contributed by atoms with E-state index < -0.39 is 0 Å². The molecule has 0 saturated carbocycles. The summed E-state index contributed by atoms with van der Waals surface area (Å²) in [4.78, 5) is 0. The third-order valence-corrected chi connectivity index (χ3v) is 1.82. The highest BCUT2D eigenvalue weighted by Gasteiger charge is 2.05. The van der Waals surface area contributed by atoms with Crippen LogP contribution in [0, 0.1) is 0 Å². The van der Waals surface area contributed by atoms with Crippen LogP contribution in [0.25, 0.3) is 0 Å². The van der Waals surface area contributed by atoms with E-state index in [0.717, 1.165) is 17.0 Å². The van der Waals surface area contributed by atoms with Crippen molar-refractivity contribution < 1.29 is 9.47 Å². The molecule has 1 rings (SSSR count). The summed E-state index contributed by atoms with van der Waals surface area (Å²) in [6.07, 6.45) is 0.200. The van der Waals surface area contributed by atoms with Crippen LogP contribution in [0.2, 0.25) is 0 Å². The van der Waals surface area contributed by atoms with Gasteiger partial charge in [-0.2, -0.15) is 0 Å². The van der Waals surface area contributed by atoms with Crippen molar-refractivity contribution in [1.82, 2.24) is 0 Å². The molecule has 70 valence electrons. The Labute approximate surface area is 80.3 Å². The monoisotopic (exact) mass is 178 g/mol. The predicted molar refractivity (Wildman–Crippen MR) is 56.9 cm³/mol. The Bertz CT molecular complexity index is 284. The van der Waals surface area contributed by atoms with Crippen molar-refractivity contribution in [2.24, 2.45) is 0 Å². The molecule has 1 aromatic rings. The maximum Gasteiger partial charge on any atom is 0.149 e. The van der Waals surface area contributed by atoms with Gasteiger partial charge in [0.15, 0.2) is 0 Å². The number of hydrogen-bond acceptors (Lipinski definition) is 2. The summed E-state index contributed by atoms with van der Waals surface area (Å²) in [5.41, 5.74) is 1.05. The highest BCUT2D eigenvalue weighted by Crippen LogP contribution is 2.15. The third-order valence-electron chi connectivity index (χ3n) is 1.82. The molecular formula is C10H15BO2. The smallest absolute Gasteiger partial charge is 0.149 e. The van der Waals surface area contributed by atoms with Gasteiger partial charge in [-0.15, -0.1) is 0 Å². The molecule has 0 unspecified atom stereocenters. The van der Waals surface area contributed by atoms with E-state index in [2.05, 4.69) is 0 Å². The molecule has 0 heterocycles. The van der Waals surface area contributed by atoms with Gasteiger partial charge in [0.25, 0.3) is 0 Å². The van der Waals surface area contributed by atoms with Crippen molar-refractivity contribution in [2.45, 2.75) is 20.0 Å². The van der Waals surface area contributed by atoms with Crippen LogP contribution in [0.3, 0.4) is 0 Å². The van der Waals surface area contributed by atoms with Gasteiger partial charge in [0, 0.05) is 0 Å². The average Bonchev–Trinajstić information content (AvgIpc) is 2.08. The zero-order valence-electron chi connectivity index (χ0n) is 8.63. The highest BCUT2D eigenvalue weighted by atomic mass is 16.5. The summed E-state index contributed by atoms with van der Waals surface area (Å²) >= 11 is 0. The molecule has 3 heteroatoms. The molecule has 0 aromatic heterocycles. The first-order chi connectivity index (χ1) is 6.15. The summed E-state index contributed by atoms with van der Waals surface area (Å²) < 4.78 is 10.8. The minimum Gasteiger partial charge on any atom is -0.497 e. The zero-order chi connectivity index (χ0) is 9.84. The lowest BCUT2D eigenvalue weighted by Gasteiger charge is -2.14. The standard InChI is InChI=1S/C10H15BO2/c1-7(2)13-9-6-4-5-8(12-3)10(9)11/h4-7H,11H2,1-3H3. The van der Waals surface area contributed by atoms with E-state index in [0.29, 0.717) is 0 Å². The number of methoxy groups -OCH3 is 1. The fourth-order valence-electron chi connectivity index (χ4n) is 1.20. The lowest BCUT2D eigenvalue weighted by atomic mass is 9.94. The number of hydrogen-bond donors (Lipinski definition) is 0. The quantitative estimate of drug-likeness (QED) is 0.635. The van der Waals surface area contributed by atoms with Crippen LogP contribution in [0.1, 0.15) is 13.8 Å². The molecule has 0 aliphatic carbocycles. The molecule has 0 saturated heterocycles. The van der Waals surface area contributed by atoms with E-state index in [1.165, 1.54) is 0 Å². The van der Waals surface area contributed by atoms with Crippen LogP contribution >= 0.6 is 0 Å². The Morgan fingerprint density at radius 3 is 2.38 bits per heavy atom. The van der Waals surface area contributed by atoms with Crippen LogP contribution in [0.5, 0.6) is 11.5 Å². The van der Waals surface area contributed by atoms with Gasteiger partial charge in [0.2, 0.25) is 0 Å². The van der Waals surface area contributed by atoms with Crippen molar-refractivity contribution in [2.75, 3.05) is 7.11 Å². The van der Waals surface area contributed by atoms with E-state index in [4.69, 9.17) is 9.47 Å². The van der Waals surface area contributed by atoms with Gasteiger partial charge in [-0.1, -0.05) is 6.07 Å². The summed E-state index contributed by atoms with van der Waals surface area (Å²) in [7, 11) is 3.66. The molecular weight excluding hydrogens is 163 g/mol. The maximum atomic E-state index is 5.61. The topological polar surface area (TPSA) is 18.5 Å². The molecule has 0 spiro atoms. The summed E-state index contributed by atoms with van der Waals surface area (Å²) in [6.45, 7) is 4.03. The third kappa shape index (κ3) is 2.41. The van der Waals surface area contributed by atoms with E-state index in [9.17, 15) is 0 Å².